The number of rotatable bonds is 3. The van der Waals surface area contributed by atoms with Gasteiger partial charge in [0, 0.05) is 25.7 Å². The van der Waals surface area contributed by atoms with E-state index in [9.17, 15) is 19.2 Å². The second-order valence-electron chi connectivity index (χ2n) is 10.8. The van der Waals surface area contributed by atoms with E-state index < -0.39 is 6.04 Å². The van der Waals surface area contributed by atoms with Crippen molar-refractivity contribution in [3.05, 3.63) is 64.7 Å². The summed E-state index contributed by atoms with van der Waals surface area (Å²) in [6.45, 7) is 11.4. The third-order valence-electron chi connectivity index (χ3n) is 6.59. The van der Waals surface area contributed by atoms with Crippen molar-refractivity contribution >= 4 is 30.0 Å². The molecule has 3 rings (SSSR count). The van der Waals surface area contributed by atoms with E-state index in [2.05, 4.69) is 35.5 Å². The summed E-state index contributed by atoms with van der Waals surface area (Å²) in [6, 6.07) is 12.8. The summed E-state index contributed by atoms with van der Waals surface area (Å²) in [5.74, 6) is -0.361. The first-order chi connectivity index (χ1) is 21.9. The summed E-state index contributed by atoms with van der Waals surface area (Å²) in [4.78, 5) is 48.0. The van der Waals surface area contributed by atoms with E-state index in [1.807, 2.05) is 44.2 Å². The molecule has 0 aromatic heterocycles. The SMILES string of the molecule is CCCCC.Cc1ccc(C(N)=O)cc1.Cc1ccc2c(c1)OCCNC(C)C(=O)N(C)CC(=O)NCC(=O)NCCC2.N=CN. The third kappa shape index (κ3) is 19.0. The van der Waals surface area contributed by atoms with Crippen molar-refractivity contribution in [2.75, 3.05) is 39.8 Å². The Kier molecular flexibility index (Phi) is 22.4. The fourth-order valence-electron chi connectivity index (χ4n) is 4.03. The first kappa shape index (κ1) is 41.5. The highest BCUT2D eigenvalue weighted by Gasteiger charge is 2.19. The van der Waals surface area contributed by atoms with Gasteiger partial charge >= 0.3 is 0 Å². The summed E-state index contributed by atoms with van der Waals surface area (Å²) in [5, 5.41) is 14.3. The molecular weight excluding hydrogens is 586 g/mol. The van der Waals surface area contributed by atoms with Gasteiger partial charge in [-0.1, -0.05) is 62.9 Å². The maximum absolute atomic E-state index is 12.4. The van der Waals surface area contributed by atoms with Crippen molar-refractivity contribution in [1.29, 1.82) is 5.41 Å². The van der Waals surface area contributed by atoms with Gasteiger partial charge in [-0.25, -0.2) is 0 Å². The van der Waals surface area contributed by atoms with Gasteiger partial charge in [0.05, 0.1) is 25.5 Å². The third-order valence-corrected chi connectivity index (χ3v) is 6.59. The molecule has 12 heteroatoms. The molecule has 4 amide bonds. The second kappa shape index (κ2) is 24.8. The second-order valence-corrected chi connectivity index (χ2v) is 10.8. The van der Waals surface area contributed by atoms with Crippen molar-refractivity contribution < 1.29 is 23.9 Å². The molecule has 12 nitrogen and oxygen atoms in total. The van der Waals surface area contributed by atoms with Crippen LogP contribution < -0.4 is 32.2 Å². The Morgan fingerprint density at radius 1 is 1.00 bits per heavy atom. The molecule has 1 aliphatic rings. The molecule has 0 radical (unpaired) electrons. The van der Waals surface area contributed by atoms with E-state index >= 15 is 0 Å². The van der Waals surface area contributed by atoms with E-state index in [1.165, 1.54) is 24.2 Å². The quantitative estimate of drug-likeness (QED) is 0.219. The van der Waals surface area contributed by atoms with Gasteiger partial charge in [0.15, 0.2) is 0 Å². The lowest BCUT2D eigenvalue weighted by molar-refractivity contribution is -0.136. The molecule has 0 saturated heterocycles. The van der Waals surface area contributed by atoms with Crippen LogP contribution >= 0.6 is 0 Å². The highest BCUT2D eigenvalue weighted by molar-refractivity contribution is 5.92. The molecule has 1 aliphatic heterocycles. The molecule has 1 atom stereocenters. The van der Waals surface area contributed by atoms with Crippen LogP contribution in [0.15, 0.2) is 42.5 Å². The smallest absolute Gasteiger partial charge is 0.248 e. The summed E-state index contributed by atoms with van der Waals surface area (Å²) >= 11 is 0. The van der Waals surface area contributed by atoms with Gasteiger partial charge in [0.2, 0.25) is 23.6 Å². The average molecular weight is 642 g/mol. The number of benzene rings is 2. The number of hydrogen-bond donors (Lipinski definition) is 6. The Morgan fingerprint density at radius 3 is 2.17 bits per heavy atom. The van der Waals surface area contributed by atoms with Crippen LogP contribution in [0.1, 0.15) is 73.5 Å². The Bertz CT molecular complexity index is 1200. The number of unbranched alkanes of at least 4 members (excludes halogenated alkanes) is 2. The van der Waals surface area contributed by atoms with Crippen LogP contribution in [0.25, 0.3) is 0 Å². The number of nitrogens with zero attached hydrogens (tertiary/aromatic N) is 1. The topological polar surface area (TPSA) is 193 Å². The minimum atomic E-state index is -0.444. The van der Waals surface area contributed by atoms with Gasteiger partial charge in [0.25, 0.3) is 0 Å². The van der Waals surface area contributed by atoms with Crippen LogP contribution in [0, 0.1) is 19.3 Å². The molecule has 0 aliphatic carbocycles. The molecule has 46 heavy (non-hydrogen) atoms. The Balaban J connectivity index is 0.000000915. The van der Waals surface area contributed by atoms with Gasteiger partial charge in [-0.3, -0.25) is 24.6 Å². The van der Waals surface area contributed by atoms with Gasteiger partial charge < -0.3 is 37.1 Å². The fourth-order valence-corrected chi connectivity index (χ4v) is 4.03. The summed E-state index contributed by atoms with van der Waals surface area (Å²) in [7, 11) is 1.56. The van der Waals surface area contributed by atoms with Gasteiger partial charge in [0.1, 0.15) is 12.4 Å². The molecule has 2 aromatic carbocycles. The molecule has 1 heterocycles. The number of aryl methyl sites for hydroxylation is 3. The molecule has 0 bridgehead atoms. The van der Waals surface area contributed by atoms with E-state index in [0.29, 0.717) is 25.3 Å². The highest BCUT2D eigenvalue weighted by Crippen LogP contribution is 2.21. The maximum atomic E-state index is 12.4. The van der Waals surface area contributed by atoms with Crippen LogP contribution in [0.5, 0.6) is 5.75 Å². The number of nitrogens with one attached hydrogen (secondary N) is 4. The minimum absolute atomic E-state index is 0.0959. The van der Waals surface area contributed by atoms with E-state index in [-0.39, 0.29) is 36.7 Å². The standard InChI is InChI=1S/C20H30N4O4.C8H9NO.C5H12.CH4N2/c1-14-6-7-16-5-4-8-22-18(25)12-23-19(26)13-24(3)20(27)15(2)21-9-10-28-17(16)11-14;1-6-2-4-7(5-3-6)8(9)10;1-3-5-4-2;2-1-3/h6-7,11,15,21H,4-5,8-10,12-13H2,1-3H3,(H,22,25)(H,23,26);2-5H,1H3,(H2,9,10);3-5H2,1-2H3;1H,(H3,2,3). The van der Waals surface area contributed by atoms with E-state index in [0.717, 1.165) is 41.6 Å². The number of amides is 4. The molecule has 0 saturated carbocycles. The van der Waals surface area contributed by atoms with Crippen LogP contribution in [-0.4, -0.2) is 80.7 Å². The highest BCUT2D eigenvalue weighted by atomic mass is 16.5. The number of carbonyl (C=O) groups excluding carboxylic acids is 4. The van der Waals surface area contributed by atoms with Gasteiger partial charge in [-0.05, 0) is 62.9 Å². The van der Waals surface area contributed by atoms with E-state index in [4.69, 9.17) is 15.9 Å². The van der Waals surface area contributed by atoms with Crippen LogP contribution in [0.3, 0.4) is 0 Å². The van der Waals surface area contributed by atoms with Gasteiger partial charge in [-0.2, -0.15) is 0 Å². The number of hydrogen-bond acceptors (Lipinski definition) is 7. The first-order valence-corrected chi connectivity index (χ1v) is 15.7. The zero-order valence-electron chi connectivity index (χ0n) is 28.4. The number of carbonyl (C=O) groups is 4. The zero-order chi connectivity index (χ0) is 34.9. The normalized spacial score (nSPS) is 15.9. The van der Waals surface area contributed by atoms with Crippen LogP contribution in [0.4, 0.5) is 0 Å². The average Bonchev–Trinajstić information content (AvgIpc) is 3.02. The maximum Gasteiger partial charge on any atom is 0.248 e. The first-order valence-electron chi connectivity index (χ1n) is 15.7. The van der Waals surface area contributed by atoms with Crippen molar-refractivity contribution in [1.82, 2.24) is 20.9 Å². The Labute approximate surface area is 274 Å². The molecule has 256 valence electrons. The lowest BCUT2D eigenvalue weighted by Gasteiger charge is -2.22. The number of likely N-dealkylation sites (N-methyl/N-ethyl adjacent to an activating group) is 1. The molecule has 8 N–H and O–H groups in total. The fraction of sp³-hybridized carbons (Fsp3) is 0.500. The van der Waals surface area contributed by atoms with Crippen LogP contribution in [-0.2, 0) is 20.8 Å². The number of primary amides is 1. The summed E-state index contributed by atoms with van der Waals surface area (Å²) < 4.78 is 5.92. The number of ether oxygens (including phenoxy) is 1. The molecule has 1 unspecified atom stereocenters. The molecule has 0 spiro atoms. The monoisotopic (exact) mass is 641 g/mol. The minimum Gasteiger partial charge on any atom is -0.492 e. The van der Waals surface area contributed by atoms with Crippen LogP contribution in [0.2, 0.25) is 0 Å². The van der Waals surface area contributed by atoms with Crippen molar-refractivity contribution in [2.24, 2.45) is 11.5 Å². The lowest BCUT2D eigenvalue weighted by Crippen LogP contribution is -2.48. The lowest BCUT2D eigenvalue weighted by atomic mass is 10.1. The number of fused-ring (bicyclic) bond motifs is 1. The Morgan fingerprint density at radius 2 is 1.61 bits per heavy atom. The Hall–Kier alpha value is -4.45. The van der Waals surface area contributed by atoms with Crippen molar-refractivity contribution in [3.63, 3.8) is 0 Å². The summed E-state index contributed by atoms with van der Waals surface area (Å²) in [5.41, 5.74) is 13.3. The summed E-state index contributed by atoms with van der Waals surface area (Å²) in [6.07, 6.45) is 6.37. The van der Waals surface area contributed by atoms with Gasteiger partial charge in [-0.15, -0.1) is 0 Å². The van der Waals surface area contributed by atoms with Crippen molar-refractivity contribution in [3.8, 4) is 5.75 Å². The largest absolute Gasteiger partial charge is 0.492 e. The predicted molar refractivity (Wildman–Crippen MR) is 184 cm³/mol. The molecule has 0 fully saturated rings. The van der Waals surface area contributed by atoms with Crippen molar-refractivity contribution in [2.45, 2.75) is 72.8 Å². The van der Waals surface area contributed by atoms with E-state index in [1.54, 1.807) is 26.1 Å². The molecule has 2 aromatic rings. The predicted octanol–water partition coefficient (Wildman–Crippen LogP) is 2.83. The molecular formula is C34H55N7O5. The zero-order valence-corrected chi connectivity index (χ0v) is 28.4. The number of nitrogens with two attached hydrogens (primary N) is 2.